The number of alkyl halides is 3. The number of benzene rings is 2. The van der Waals surface area contributed by atoms with E-state index < -0.39 is 36.3 Å². The van der Waals surface area contributed by atoms with Gasteiger partial charge in [-0.25, -0.2) is 15.0 Å². The normalized spacial score (nSPS) is 22.3. The second-order valence-corrected chi connectivity index (χ2v) is 9.43. The first-order valence-electron chi connectivity index (χ1n) is 12.2. The van der Waals surface area contributed by atoms with Gasteiger partial charge in [0.15, 0.2) is 11.9 Å². The number of aliphatic hydroxyl groups excluding tert-OH is 2. The molecule has 2 aromatic carbocycles. The maximum atomic E-state index is 13.4. The number of ether oxygens (including phenoxy) is 1. The highest BCUT2D eigenvalue weighted by Gasteiger charge is 2.44. The van der Waals surface area contributed by atoms with E-state index in [4.69, 9.17) is 4.74 Å². The van der Waals surface area contributed by atoms with E-state index in [0.717, 1.165) is 22.4 Å². The molecular weight excluding hydrogens is 501 g/mol. The lowest BCUT2D eigenvalue weighted by Gasteiger charge is -2.17. The highest BCUT2D eigenvalue weighted by molar-refractivity contribution is 6.08. The fraction of sp³-hybridized carbons (Fsp3) is 0.346. The van der Waals surface area contributed by atoms with E-state index in [2.05, 4.69) is 20.3 Å². The zero-order valence-electron chi connectivity index (χ0n) is 20.3. The molecule has 0 spiro atoms. The van der Waals surface area contributed by atoms with Crippen LogP contribution in [0.1, 0.15) is 17.5 Å². The maximum Gasteiger partial charge on any atom is 0.416 e. The molecule has 0 amide bonds. The lowest BCUT2D eigenvalue weighted by molar-refractivity contribution is -0.137. The van der Waals surface area contributed by atoms with Crippen molar-refractivity contribution in [1.82, 2.24) is 29.4 Å². The average molecular weight is 527 g/mol. The van der Waals surface area contributed by atoms with Gasteiger partial charge >= 0.3 is 6.18 Å². The molecule has 0 saturated carbocycles. The van der Waals surface area contributed by atoms with Crippen LogP contribution in [0.5, 0.6) is 0 Å². The van der Waals surface area contributed by atoms with Crippen LogP contribution in [0.2, 0.25) is 0 Å². The van der Waals surface area contributed by atoms with Crippen molar-refractivity contribution < 1.29 is 28.1 Å². The molecule has 1 aliphatic rings. The van der Waals surface area contributed by atoms with E-state index in [1.165, 1.54) is 24.8 Å². The topological polar surface area (TPSA) is 110 Å². The summed E-state index contributed by atoms with van der Waals surface area (Å²) in [6, 6.07) is 11.3. The summed E-state index contributed by atoms with van der Waals surface area (Å²) < 4.78 is 49.6. The van der Waals surface area contributed by atoms with E-state index in [0.29, 0.717) is 35.5 Å². The molecule has 12 heteroatoms. The number of hydrogen-bond donors (Lipinski definition) is 3. The van der Waals surface area contributed by atoms with Crippen molar-refractivity contribution in [2.24, 2.45) is 0 Å². The predicted octanol–water partition coefficient (Wildman–Crippen LogP) is 3.17. The zero-order chi connectivity index (χ0) is 26.6. The number of rotatable bonds is 6. The summed E-state index contributed by atoms with van der Waals surface area (Å²) in [6.07, 6.45) is -5.49. The average Bonchev–Trinajstić information content (AvgIpc) is 3.55. The molecule has 9 nitrogen and oxygen atoms in total. The largest absolute Gasteiger partial charge is 0.416 e. The van der Waals surface area contributed by atoms with Gasteiger partial charge in [-0.15, -0.1) is 0 Å². The quantitative estimate of drug-likeness (QED) is 0.292. The van der Waals surface area contributed by atoms with Gasteiger partial charge in [0.2, 0.25) is 0 Å². The molecule has 4 unspecified atom stereocenters. The van der Waals surface area contributed by atoms with Crippen LogP contribution < -0.4 is 5.32 Å². The molecule has 4 heterocycles. The van der Waals surface area contributed by atoms with Crippen molar-refractivity contribution in [3.8, 4) is 0 Å². The predicted molar refractivity (Wildman–Crippen MR) is 133 cm³/mol. The van der Waals surface area contributed by atoms with Crippen molar-refractivity contribution in [2.75, 3.05) is 13.1 Å². The summed E-state index contributed by atoms with van der Waals surface area (Å²) in [5.41, 5.74) is 2.40. The number of nitrogens with zero attached hydrogens (tertiary/aromatic N) is 5. The third-order valence-corrected chi connectivity index (χ3v) is 7.11. The van der Waals surface area contributed by atoms with E-state index in [-0.39, 0.29) is 6.54 Å². The van der Waals surface area contributed by atoms with Crippen molar-refractivity contribution in [1.29, 1.82) is 0 Å². The van der Waals surface area contributed by atoms with E-state index in [1.54, 1.807) is 11.5 Å². The Labute approximate surface area is 214 Å². The summed E-state index contributed by atoms with van der Waals surface area (Å²) in [5.74, 6) is 0. The molecule has 4 atom stereocenters. The standard InChI is InChI=1S/C26H25F3N6O3/c1-14-21-24(32-12-31-14)35(13-33-21)25-23(37)22(36)20(38-25)11-30-8-9-34-18-5-3-2-4-16(18)17-7-6-15(10-19(17)34)26(27,28)29/h2-7,10,12-13,20,22-23,25,30,36-37H,8-9,11H2,1H3. The van der Waals surface area contributed by atoms with Gasteiger partial charge in [0.25, 0.3) is 0 Å². The van der Waals surface area contributed by atoms with Crippen molar-refractivity contribution >= 4 is 33.0 Å². The Morgan fingerprint density at radius 2 is 1.79 bits per heavy atom. The van der Waals surface area contributed by atoms with Crippen LogP contribution in [0.15, 0.2) is 55.1 Å². The van der Waals surface area contributed by atoms with Crippen molar-refractivity contribution in [3.63, 3.8) is 0 Å². The number of aliphatic hydroxyl groups is 2. The van der Waals surface area contributed by atoms with Crippen molar-refractivity contribution in [2.45, 2.75) is 44.2 Å². The van der Waals surface area contributed by atoms with Crippen LogP contribution >= 0.6 is 0 Å². The van der Waals surface area contributed by atoms with Gasteiger partial charge in [0, 0.05) is 41.4 Å². The summed E-state index contributed by atoms with van der Waals surface area (Å²) >= 11 is 0. The van der Waals surface area contributed by atoms with Gasteiger partial charge in [0.05, 0.1) is 17.6 Å². The molecular formula is C26H25F3N6O3. The lowest BCUT2D eigenvalue weighted by Crippen LogP contribution is -2.38. The third kappa shape index (κ3) is 4.09. The second kappa shape index (κ2) is 9.31. The first-order valence-corrected chi connectivity index (χ1v) is 12.2. The number of aryl methyl sites for hydroxylation is 1. The molecule has 0 aliphatic carbocycles. The molecule has 6 rings (SSSR count). The Kier molecular flexibility index (Phi) is 6.06. The van der Waals surface area contributed by atoms with Crippen LogP contribution in [-0.2, 0) is 17.5 Å². The molecule has 0 radical (unpaired) electrons. The Morgan fingerprint density at radius 1 is 1.00 bits per heavy atom. The Morgan fingerprint density at radius 3 is 2.61 bits per heavy atom. The minimum absolute atomic E-state index is 0.223. The number of para-hydroxylation sites is 1. The summed E-state index contributed by atoms with van der Waals surface area (Å²) in [4.78, 5) is 12.6. The van der Waals surface area contributed by atoms with Gasteiger partial charge in [-0.3, -0.25) is 4.57 Å². The SMILES string of the molecule is Cc1ncnc2c1ncn2C1OC(CNCCn2c3ccccc3c3ccc(C(F)(F)F)cc32)C(O)C1O. The highest BCUT2D eigenvalue weighted by Crippen LogP contribution is 2.35. The number of aromatic nitrogens is 5. The summed E-state index contributed by atoms with van der Waals surface area (Å²) in [6.45, 7) is 2.82. The van der Waals surface area contributed by atoms with E-state index >= 15 is 0 Å². The highest BCUT2D eigenvalue weighted by atomic mass is 19.4. The summed E-state index contributed by atoms with van der Waals surface area (Å²) in [7, 11) is 0. The van der Waals surface area contributed by atoms with Crippen LogP contribution in [-0.4, -0.2) is 65.7 Å². The Balaban J connectivity index is 1.18. The Bertz CT molecular complexity index is 1630. The first kappa shape index (κ1) is 24.7. The second-order valence-electron chi connectivity index (χ2n) is 9.43. The Hall–Kier alpha value is -3.58. The molecule has 0 bridgehead atoms. The fourth-order valence-corrected chi connectivity index (χ4v) is 5.18. The van der Waals surface area contributed by atoms with Gasteiger partial charge in [-0.2, -0.15) is 13.2 Å². The molecule has 3 N–H and O–H groups in total. The van der Waals surface area contributed by atoms with Gasteiger partial charge in [-0.1, -0.05) is 24.3 Å². The number of halogens is 3. The molecule has 198 valence electrons. The summed E-state index contributed by atoms with van der Waals surface area (Å²) in [5, 5.41) is 26.1. The van der Waals surface area contributed by atoms with Crippen molar-refractivity contribution in [3.05, 3.63) is 66.4 Å². The minimum atomic E-state index is -4.44. The molecule has 5 aromatic rings. The monoisotopic (exact) mass is 526 g/mol. The first-order chi connectivity index (χ1) is 18.2. The van der Waals surface area contributed by atoms with E-state index in [1.807, 2.05) is 28.8 Å². The molecule has 38 heavy (non-hydrogen) atoms. The van der Waals surface area contributed by atoms with Crippen LogP contribution in [0.4, 0.5) is 13.2 Å². The molecule has 1 fully saturated rings. The van der Waals surface area contributed by atoms with E-state index in [9.17, 15) is 23.4 Å². The number of nitrogens with one attached hydrogen (secondary N) is 1. The van der Waals surface area contributed by atoms with Gasteiger partial charge in [0.1, 0.15) is 30.2 Å². The lowest BCUT2D eigenvalue weighted by atomic mass is 10.1. The molecule has 1 saturated heterocycles. The van der Waals surface area contributed by atoms with Crippen LogP contribution in [0, 0.1) is 6.92 Å². The van der Waals surface area contributed by atoms with Crippen LogP contribution in [0.3, 0.4) is 0 Å². The number of fused-ring (bicyclic) bond motifs is 4. The minimum Gasteiger partial charge on any atom is -0.387 e. The number of hydrogen-bond acceptors (Lipinski definition) is 7. The van der Waals surface area contributed by atoms with Gasteiger partial charge in [-0.05, 0) is 25.1 Å². The zero-order valence-corrected chi connectivity index (χ0v) is 20.3. The maximum absolute atomic E-state index is 13.4. The molecule has 3 aromatic heterocycles. The smallest absolute Gasteiger partial charge is 0.387 e. The van der Waals surface area contributed by atoms with Crippen LogP contribution in [0.25, 0.3) is 33.0 Å². The third-order valence-electron chi connectivity index (χ3n) is 7.11. The molecule has 1 aliphatic heterocycles. The fourth-order valence-electron chi connectivity index (χ4n) is 5.18. The number of imidazole rings is 1. The van der Waals surface area contributed by atoms with Gasteiger partial charge < -0.3 is 24.8 Å².